The molecule has 0 atom stereocenters. The molecule has 2 aromatic carbocycles. The van der Waals surface area contributed by atoms with Gasteiger partial charge in [-0.2, -0.15) is 0 Å². The number of rotatable bonds is 6. The highest BCUT2D eigenvalue weighted by Crippen LogP contribution is 2.17. The first kappa shape index (κ1) is 16.5. The minimum absolute atomic E-state index is 0.343. The fourth-order valence-electron chi connectivity index (χ4n) is 2.00. The lowest BCUT2D eigenvalue weighted by Crippen LogP contribution is -2.09. The topological polar surface area (TPSA) is 52.6 Å². The van der Waals surface area contributed by atoms with Crippen molar-refractivity contribution in [2.24, 2.45) is 0 Å². The Balaban J connectivity index is 1.99. The third-order valence-corrected chi connectivity index (χ3v) is 3.15. The predicted octanol–water partition coefficient (Wildman–Crippen LogP) is 3.95. The molecule has 0 heterocycles. The van der Waals surface area contributed by atoms with Crippen LogP contribution in [-0.4, -0.2) is 11.9 Å². The van der Waals surface area contributed by atoms with Crippen LogP contribution in [-0.2, 0) is 11.2 Å². The number of benzene rings is 2. The summed E-state index contributed by atoms with van der Waals surface area (Å²) in [7, 11) is 0. The van der Waals surface area contributed by atoms with Gasteiger partial charge in [-0.25, -0.2) is 9.59 Å². The molecule has 0 spiro atoms. The number of hydrogen-bond acceptors (Lipinski definition) is 4. The van der Waals surface area contributed by atoms with Crippen molar-refractivity contribution in [3.05, 3.63) is 72.3 Å². The highest BCUT2D eigenvalue weighted by Gasteiger charge is 2.09. The smallest absolute Gasteiger partial charge is 0.343 e. The van der Waals surface area contributed by atoms with Gasteiger partial charge in [0.05, 0.1) is 5.56 Å². The Hall–Kier alpha value is -2.88. The van der Waals surface area contributed by atoms with Gasteiger partial charge in [0.15, 0.2) is 0 Å². The second kappa shape index (κ2) is 7.94. The Bertz CT molecular complexity index is 684. The van der Waals surface area contributed by atoms with Crippen molar-refractivity contribution in [2.45, 2.75) is 19.8 Å². The Morgan fingerprint density at radius 2 is 1.52 bits per heavy atom. The van der Waals surface area contributed by atoms with Crippen LogP contribution in [0.15, 0.2) is 61.2 Å². The number of ether oxygens (including phenoxy) is 2. The molecular weight excluding hydrogens is 292 g/mol. The Kier molecular flexibility index (Phi) is 5.69. The van der Waals surface area contributed by atoms with E-state index in [1.807, 2.05) is 12.1 Å². The number of esters is 2. The molecule has 0 fully saturated rings. The molecule has 0 aliphatic rings. The second-order valence-electron chi connectivity index (χ2n) is 4.93. The number of hydrogen-bond donors (Lipinski definition) is 0. The zero-order valence-electron chi connectivity index (χ0n) is 13.0. The molecule has 0 N–H and O–H groups in total. The van der Waals surface area contributed by atoms with E-state index >= 15 is 0 Å². The molecule has 23 heavy (non-hydrogen) atoms. The lowest BCUT2D eigenvalue weighted by molar-refractivity contribution is -0.128. The van der Waals surface area contributed by atoms with Gasteiger partial charge in [0.25, 0.3) is 0 Å². The van der Waals surface area contributed by atoms with Crippen LogP contribution in [0.4, 0.5) is 0 Å². The number of carbonyl (C=O) groups excluding carboxylic acids is 2. The normalized spacial score (nSPS) is 9.96. The Labute approximate surface area is 135 Å². The van der Waals surface area contributed by atoms with Crippen LogP contribution in [0.5, 0.6) is 11.5 Å². The van der Waals surface area contributed by atoms with Crippen LogP contribution in [0.3, 0.4) is 0 Å². The van der Waals surface area contributed by atoms with Crippen LogP contribution in [0.25, 0.3) is 0 Å². The largest absolute Gasteiger partial charge is 0.423 e. The minimum atomic E-state index is -0.549. The summed E-state index contributed by atoms with van der Waals surface area (Å²) >= 11 is 0. The maximum absolute atomic E-state index is 12.1. The maximum Gasteiger partial charge on any atom is 0.343 e. The van der Waals surface area contributed by atoms with Crippen LogP contribution < -0.4 is 9.47 Å². The van der Waals surface area contributed by atoms with Crippen molar-refractivity contribution in [2.75, 3.05) is 0 Å². The van der Waals surface area contributed by atoms with E-state index < -0.39 is 11.9 Å². The molecule has 4 nitrogen and oxygen atoms in total. The summed E-state index contributed by atoms with van der Waals surface area (Å²) in [6.45, 7) is 5.43. The van der Waals surface area contributed by atoms with Crippen LogP contribution in [0.1, 0.15) is 29.3 Å². The summed E-state index contributed by atoms with van der Waals surface area (Å²) in [6.07, 6.45) is 3.14. The molecule has 0 saturated carbocycles. The second-order valence-corrected chi connectivity index (χ2v) is 4.93. The Morgan fingerprint density at radius 3 is 2.09 bits per heavy atom. The first-order valence-electron chi connectivity index (χ1n) is 7.38. The van der Waals surface area contributed by atoms with Crippen molar-refractivity contribution < 1.29 is 19.1 Å². The fraction of sp³-hybridized carbons (Fsp3) is 0.158. The van der Waals surface area contributed by atoms with Gasteiger partial charge >= 0.3 is 11.9 Å². The van der Waals surface area contributed by atoms with Gasteiger partial charge < -0.3 is 9.47 Å². The molecule has 0 amide bonds. The first-order valence-corrected chi connectivity index (χ1v) is 7.38. The van der Waals surface area contributed by atoms with E-state index in [0.717, 1.165) is 18.9 Å². The predicted molar refractivity (Wildman–Crippen MR) is 87.7 cm³/mol. The van der Waals surface area contributed by atoms with Gasteiger partial charge in [-0.15, -0.1) is 0 Å². The van der Waals surface area contributed by atoms with E-state index in [4.69, 9.17) is 9.47 Å². The van der Waals surface area contributed by atoms with E-state index in [9.17, 15) is 9.59 Å². The van der Waals surface area contributed by atoms with Gasteiger partial charge in [-0.3, -0.25) is 0 Å². The highest BCUT2D eigenvalue weighted by atomic mass is 16.5. The first-order chi connectivity index (χ1) is 11.1. The van der Waals surface area contributed by atoms with Crippen molar-refractivity contribution in [3.63, 3.8) is 0 Å². The van der Waals surface area contributed by atoms with E-state index in [0.29, 0.717) is 17.1 Å². The average Bonchev–Trinajstić information content (AvgIpc) is 2.57. The zero-order valence-corrected chi connectivity index (χ0v) is 13.0. The van der Waals surface area contributed by atoms with Gasteiger partial charge in [0.2, 0.25) is 0 Å². The van der Waals surface area contributed by atoms with Crippen LogP contribution in [0, 0.1) is 0 Å². The summed E-state index contributed by atoms with van der Waals surface area (Å²) < 4.78 is 10.3. The van der Waals surface area contributed by atoms with Gasteiger partial charge in [0, 0.05) is 6.08 Å². The third-order valence-electron chi connectivity index (χ3n) is 3.15. The number of aryl methyl sites for hydroxylation is 1. The number of carbonyl (C=O) groups is 2. The Morgan fingerprint density at radius 1 is 0.957 bits per heavy atom. The van der Waals surface area contributed by atoms with Crippen LogP contribution in [0.2, 0.25) is 0 Å². The molecule has 2 rings (SSSR count). The van der Waals surface area contributed by atoms with Crippen molar-refractivity contribution in [3.8, 4) is 11.5 Å². The molecule has 0 saturated heterocycles. The lowest BCUT2D eigenvalue weighted by atomic mass is 10.1. The summed E-state index contributed by atoms with van der Waals surface area (Å²) in [5.74, 6) is -0.172. The summed E-state index contributed by atoms with van der Waals surface area (Å²) in [5.41, 5.74) is 1.58. The van der Waals surface area contributed by atoms with Crippen LogP contribution >= 0.6 is 0 Å². The summed E-state index contributed by atoms with van der Waals surface area (Å²) in [6, 6.07) is 13.6. The van der Waals surface area contributed by atoms with E-state index in [1.165, 1.54) is 17.7 Å². The van der Waals surface area contributed by atoms with Gasteiger partial charge in [-0.1, -0.05) is 32.1 Å². The average molecular weight is 310 g/mol. The van der Waals surface area contributed by atoms with Gasteiger partial charge in [-0.05, 0) is 48.4 Å². The lowest BCUT2D eigenvalue weighted by Gasteiger charge is -2.06. The van der Waals surface area contributed by atoms with E-state index in [-0.39, 0.29) is 0 Å². The molecule has 0 unspecified atom stereocenters. The molecule has 0 radical (unpaired) electrons. The monoisotopic (exact) mass is 310 g/mol. The molecule has 0 aliphatic heterocycles. The zero-order chi connectivity index (χ0) is 16.7. The van der Waals surface area contributed by atoms with Crippen molar-refractivity contribution in [1.82, 2.24) is 0 Å². The molecular formula is C19H18O4. The molecule has 0 aliphatic carbocycles. The van der Waals surface area contributed by atoms with E-state index in [2.05, 4.69) is 13.5 Å². The molecule has 0 aromatic heterocycles. The van der Waals surface area contributed by atoms with Crippen molar-refractivity contribution in [1.29, 1.82) is 0 Å². The third kappa shape index (κ3) is 4.81. The van der Waals surface area contributed by atoms with E-state index in [1.54, 1.807) is 24.3 Å². The molecule has 118 valence electrons. The molecule has 4 heteroatoms. The quantitative estimate of drug-likeness (QED) is 0.460. The molecule has 0 bridgehead atoms. The van der Waals surface area contributed by atoms with Crippen molar-refractivity contribution >= 4 is 11.9 Å². The highest BCUT2D eigenvalue weighted by molar-refractivity contribution is 5.91. The standard InChI is InChI=1S/C19H18O4/c1-3-5-14-6-10-17(11-7-14)23-19(21)15-8-12-16(13-9-15)22-18(20)4-2/h4,6-13H,2-3,5H2,1H3. The SMILES string of the molecule is C=CC(=O)Oc1ccc(C(=O)Oc2ccc(CCC)cc2)cc1. The van der Waals surface area contributed by atoms with Gasteiger partial charge in [0.1, 0.15) is 11.5 Å². The minimum Gasteiger partial charge on any atom is -0.423 e. The fourth-order valence-corrected chi connectivity index (χ4v) is 2.00. The molecule has 2 aromatic rings. The summed E-state index contributed by atoms with van der Waals surface area (Å²) in [5, 5.41) is 0. The summed E-state index contributed by atoms with van der Waals surface area (Å²) in [4.78, 5) is 23.2. The maximum atomic E-state index is 12.1.